The summed E-state index contributed by atoms with van der Waals surface area (Å²) in [4.78, 5) is 10.2. The van der Waals surface area contributed by atoms with Gasteiger partial charge in [-0.25, -0.2) is 0 Å². The van der Waals surface area contributed by atoms with Gasteiger partial charge in [0.25, 0.3) is 0 Å². The van der Waals surface area contributed by atoms with E-state index >= 15 is 0 Å². The molecular weight excluding hydrogens is 168 g/mol. The van der Waals surface area contributed by atoms with E-state index in [1.165, 1.54) is 0 Å². The highest BCUT2D eigenvalue weighted by atomic mass is 16.4. The number of aliphatic hydroxyl groups excluding tert-OH is 1. The molecule has 0 heterocycles. The van der Waals surface area contributed by atoms with Gasteiger partial charge in [0.15, 0.2) is 0 Å². The standard InChI is InChI=1S/C10H20O3/c1-9(6-4-8-11)5-2-3-7-10(12)13/h9,11H,2-8H2,1H3,(H,12,13). The average molecular weight is 188 g/mol. The second kappa shape index (κ2) is 8.05. The van der Waals surface area contributed by atoms with Gasteiger partial charge in [-0.3, -0.25) is 4.79 Å². The fourth-order valence-electron chi connectivity index (χ4n) is 1.35. The van der Waals surface area contributed by atoms with Gasteiger partial charge in [0, 0.05) is 13.0 Å². The first-order chi connectivity index (χ1) is 6.16. The van der Waals surface area contributed by atoms with Crippen molar-refractivity contribution in [1.29, 1.82) is 0 Å². The summed E-state index contributed by atoms with van der Waals surface area (Å²) in [5.41, 5.74) is 0. The van der Waals surface area contributed by atoms with Crippen LogP contribution < -0.4 is 0 Å². The van der Waals surface area contributed by atoms with Gasteiger partial charge in [0.05, 0.1) is 0 Å². The summed E-state index contributed by atoms with van der Waals surface area (Å²) in [5, 5.41) is 17.0. The van der Waals surface area contributed by atoms with Crippen LogP contribution >= 0.6 is 0 Å². The molecular formula is C10H20O3. The minimum atomic E-state index is -0.706. The molecule has 0 amide bonds. The van der Waals surface area contributed by atoms with Crippen molar-refractivity contribution in [3.63, 3.8) is 0 Å². The van der Waals surface area contributed by atoms with Crippen LogP contribution in [-0.4, -0.2) is 22.8 Å². The van der Waals surface area contributed by atoms with E-state index < -0.39 is 5.97 Å². The van der Waals surface area contributed by atoms with Crippen LogP contribution in [0.25, 0.3) is 0 Å². The number of hydrogen-bond donors (Lipinski definition) is 2. The predicted octanol–water partition coefficient (Wildman–Crippen LogP) is 2.04. The van der Waals surface area contributed by atoms with E-state index in [2.05, 4.69) is 6.92 Å². The van der Waals surface area contributed by atoms with Gasteiger partial charge >= 0.3 is 5.97 Å². The Morgan fingerprint density at radius 1 is 1.23 bits per heavy atom. The van der Waals surface area contributed by atoms with E-state index in [0.717, 1.165) is 32.1 Å². The van der Waals surface area contributed by atoms with Gasteiger partial charge in [-0.2, -0.15) is 0 Å². The van der Waals surface area contributed by atoms with E-state index in [1.54, 1.807) is 0 Å². The molecule has 1 atom stereocenters. The van der Waals surface area contributed by atoms with E-state index in [-0.39, 0.29) is 13.0 Å². The van der Waals surface area contributed by atoms with Crippen LogP contribution in [0, 0.1) is 5.92 Å². The molecule has 1 unspecified atom stereocenters. The van der Waals surface area contributed by atoms with Crippen molar-refractivity contribution in [2.75, 3.05) is 6.61 Å². The fraction of sp³-hybridized carbons (Fsp3) is 0.900. The van der Waals surface area contributed by atoms with E-state index in [9.17, 15) is 4.79 Å². The van der Waals surface area contributed by atoms with Crippen molar-refractivity contribution < 1.29 is 15.0 Å². The quantitative estimate of drug-likeness (QED) is 0.573. The molecule has 2 N–H and O–H groups in total. The van der Waals surface area contributed by atoms with E-state index in [4.69, 9.17) is 10.2 Å². The third kappa shape index (κ3) is 9.34. The average Bonchev–Trinajstić information content (AvgIpc) is 2.08. The maximum Gasteiger partial charge on any atom is 0.303 e. The summed E-state index contributed by atoms with van der Waals surface area (Å²) in [6.07, 6.45) is 5.03. The molecule has 13 heavy (non-hydrogen) atoms. The van der Waals surface area contributed by atoms with Crippen molar-refractivity contribution in [3.05, 3.63) is 0 Å². The van der Waals surface area contributed by atoms with E-state index in [0.29, 0.717) is 5.92 Å². The fourth-order valence-corrected chi connectivity index (χ4v) is 1.35. The largest absolute Gasteiger partial charge is 0.481 e. The first-order valence-corrected chi connectivity index (χ1v) is 4.99. The maximum atomic E-state index is 10.2. The van der Waals surface area contributed by atoms with Gasteiger partial charge in [-0.05, 0) is 25.2 Å². The number of carbonyl (C=O) groups is 1. The normalized spacial score (nSPS) is 12.8. The van der Waals surface area contributed by atoms with Gasteiger partial charge in [-0.1, -0.05) is 19.8 Å². The summed E-state index contributed by atoms with van der Waals surface area (Å²) >= 11 is 0. The van der Waals surface area contributed by atoms with Gasteiger partial charge < -0.3 is 10.2 Å². The molecule has 0 rings (SSSR count). The zero-order valence-corrected chi connectivity index (χ0v) is 8.33. The Balaban J connectivity index is 3.16. The van der Waals surface area contributed by atoms with Gasteiger partial charge in [0.1, 0.15) is 0 Å². The Bertz CT molecular complexity index is 134. The van der Waals surface area contributed by atoms with Crippen LogP contribution in [0.5, 0.6) is 0 Å². The number of unbranched alkanes of at least 4 members (excludes halogenated alkanes) is 1. The van der Waals surface area contributed by atoms with Crippen molar-refractivity contribution in [3.8, 4) is 0 Å². The summed E-state index contributed by atoms with van der Waals surface area (Å²) in [6.45, 7) is 2.41. The minimum Gasteiger partial charge on any atom is -0.481 e. The number of aliphatic carboxylic acids is 1. The highest BCUT2D eigenvalue weighted by molar-refractivity contribution is 5.66. The molecule has 0 aromatic heterocycles. The third-order valence-corrected chi connectivity index (χ3v) is 2.19. The number of rotatable bonds is 8. The Kier molecular flexibility index (Phi) is 7.69. The van der Waals surface area contributed by atoms with Crippen molar-refractivity contribution >= 4 is 5.97 Å². The van der Waals surface area contributed by atoms with Crippen molar-refractivity contribution in [2.24, 2.45) is 5.92 Å². The first kappa shape index (κ1) is 12.4. The highest BCUT2D eigenvalue weighted by Gasteiger charge is 2.02. The summed E-state index contributed by atoms with van der Waals surface area (Å²) in [6, 6.07) is 0. The van der Waals surface area contributed by atoms with Crippen molar-refractivity contribution in [2.45, 2.75) is 45.4 Å². The zero-order valence-electron chi connectivity index (χ0n) is 8.33. The maximum absolute atomic E-state index is 10.2. The molecule has 0 aliphatic rings. The smallest absolute Gasteiger partial charge is 0.303 e. The van der Waals surface area contributed by atoms with Crippen LogP contribution in [0.15, 0.2) is 0 Å². The van der Waals surface area contributed by atoms with Crippen molar-refractivity contribution in [1.82, 2.24) is 0 Å². The molecule has 3 nitrogen and oxygen atoms in total. The molecule has 0 radical (unpaired) electrons. The lowest BCUT2D eigenvalue weighted by Gasteiger charge is -2.08. The van der Waals surface area contributed by atoms with Crippen LogP contribution in [0.4, 0.5) is 0 Å². The number of hydrogen-bond acceptors (Lipinski definition) is 2. The lowest BCUT2D eigenvalue weighted by atomic mass is 9.98. The predicted molar refractivity (Wildman–Crippen MR) is 51.6 cm³/mol. The van der Waals surface area contributed by atoms with Crippen LogP contribution in [0.3, 0.4) is 0 Å². The zero-order chi connectivity index (χ0) is 10.1. The minimum absolute atomic E-state index is 0.263. The summed E-state index contributed by atoms with van der Waals surface area (Å²) in [7, 11) is 0. The second-order valence-electron chi connectivity index (χ2n) is 3.61. The Morgan fingerprint density at radius 3 is 2.38 bits per heavy atom. The summed E-state index contributed by atoms with van der Waals surface area (Å²) < 4.78 is 0. The molecule has 0 aliphatic carbocycles. The molecule has 0 fully saturated rings. The van der Waals surface area contributed by atoms with Crippen LogP contribution in [-0.2, 0) is 4.79 Å². The molecule has 0 aromatic rings. The second-order valence-corrected chi connectivity index (χ2v) is 3.61. The molecule has 0 saturated carbocycles. The molecule has 3 heteroatoms. The SMILES string of the molecule is CC(CCCO)CCCCC(=O)O. The monoisotopic (exact) mass is 188 g/mol. The highest BCUT2D eigenvalue weighted by Crippen LogP contribution is 2.14. The topological polar surface area (TPSA) is 57.5 Å². The Hall–Kier alpha value is -0.570. The number of carboxylic acid groups (broad SMARTS) is 1. The van der Waals surface area contributed by atoms with Gasteiger partial charge in [0.2, 0.25) is 0 Å². The number of aliphatic hydroxyl groups is 1. The number of carboxylic acids is 1. The lowest BCUT2D eigenvalue weighted by Crippen LogP contribution is -1.98. The molecule has 0 saturated heterocycles. The van der Waals surface area contributed by atoms with Crippen LogP contribution in [0.1, 0.15) is 45.4 Å². The van der Waals surface area contributed by atoms with Crippen LogP contribution in [0.2, 0.25) is 0 Å². The molecule has 0 bridgehead atoms. The first-order valence-electron chi connectivity index (χ1n) is 4.99. The molecule has 0 aliphatic heterocycles. The third-order valence-electron chi connectivity index (χ3n) is 2.19. The Morgan fingerprint density at radius 2 is 1.85 bits per heavy atom. The molecule has 0 aromatic carbocycles. The summed E-state index contributed by atoms with van der Waals surface area (Å²) in [5.74, 6) is -0.0936. The Labute approximate surface area is 79.8 Å². The molecule has 78 valence electrons. The van der Waals surface area contributed by atoms with Gasteiger partial charge in [-0.15, -0.1) is 0 Å². The lowest BCUT2D eigenvalue weighted by molar-refractivity contribution is -0.137. The van der Waals surface area contributed by atoms with E-state index in [1.807, 2.05) is 0 Å². The molecule has 0 spiro atoms.